The Morgan fingerprint density at radius 1 is 1.15 bits per heavy atom. The van der Waals surface area contributed by atoms with E-state index in [2.05, 4.69) is 57.2 Å². The highest BCUT2D eigenvalue weighted by atomic mass is 127. The van der Waals surface area contributed by atoms with Crippen molar-refractivity contribution in [3.05, 3.63) is 75.1 Å². The Kier molecular flexibility index (Phi) is 5.19. The number of alkyl halides is 1. The lowest BCUT2D eigenvalue weighted by Crippen LogP contribution is -2.18. The van der Waals surface area contributed by atoms with Crippen LogP contribution in [0.1, 0.15) is 36.7 Å². The summed E-state index contributed by atoms with van der Waals surface area (Å²) >= 11 is 4.03. The van der Waals surface area contributed by atoms with E-state index >= 15 is 0 Å². The minimum absolute atomic E-state index is 0.0693. The van der Waals surface area contributed by atoms with Gasteiger partial charge in [-0.1, -0.05) is 52.9 Å². The van der Waals surface area contributed by atoms with Gasteiger partial charge in [0.25, 0.3) is 0 Å². The van der Waals surface area contributed by atoms with Crippen molar-refractivity contribution in [3.63, 3.8) is 0 Å². The fourth-order valence-corrected chi connectivity index (χ4v) is 5.00. The molecule has 2 heterocycles. The largest absolute Gasteiger partial charge is 0.326 e. The first-order valence-electron chi connectivity index (χ1n) is 8.89. The van der Waals surface area contributed by atoms with Crippen molar-refractivity contribution in [1.82, 2.24) is 14.5 Å². The van der Waals surface area contributed by atoms with Crippen molar-refractivity contribution in [2.24, 2.45) is 0 Å². The number of aromatic nitrogens is 3. The molecule has 138 valence electrons. The average Bonchev–Trinajstić information content (AvgIpc) is 3.25. The summed E-state index contributed by atoms with van der Waals surface area (Å²) in [5.74, 6) is 0. The molecule has 0 saturated carbocycles. The van der Waals surface area contributed by atoms with E-state index in [0.29, 0.717) is 0 Å². The Morgan fingerprint density at radius 2 is 1.93 bits per heavy atom. The molecular weight excluding hydrogens is 469 g/mol. The van der Waals surface area contributed by atoms with E-state index < -0.39 is 0 Å². The number of nitrogens with zero attached hydrogens (tertiary/aromatic N) is 2. The Bertz CT molecular complexity index is 1160. The maximum atomic E-state index is 12.4. The number of halogens is 1. The molecule has 27 heavy (non-hydrogen) atoms. The number of thiazole rings is 1. The van der Waals surface area contributed by atoms with Crippen LogP contribution in [0.5, 0.6) is 0 Å². The molecule has 2 aromatic carbocycles. The Morgan fingerprint density at radius 3 is 2.67 bits per heavy atom. The molecule has 0 unspecified atom stereocenters. The van der Waals surface area contributed by atoms with Gasteiger partial charge in [0, 0.05) is 27.8 Å². The predicted molar refractivity (Wildman–Crippen MR) is 121 cm³/mol. The van der Waals surface area contributed by atoms with Crippen LogP contribution in [0.15, 0.2) is 52.6 Å². The molecule has 0 aliphatic heterocycles. The molecular formula is C21H20IN3OS. The molecule has 0 fully saturated rings. The van der Waals surface area contributed by atoms with Crippen molar-refractivity contribution in [2.75, 3.05) is 0 Å². The molecule has 1 N–H and O–H groups in total. The van der Waals surface area contributed by atoms with Gasteiger partial charge < -0.3 is 4.98 Å². The third-order valence-electron chi connectivity index (χ3n) is 4.69. The molecule has 4 rings (SSSR count). The summed E-state index contributed by atoms with van der Waals surface area (Å²) in [6.45, 7) is 4.04. The quantitative estimate of drug-likeness (QED) is 0.295. The van der Waals surface area contributed by atoms with Crippen molar-refractivity contribution in [1.29, 1.82) is 0 Å². The molecule has 2 aromatic heterocycles. The topological polar surface area (TPSA) is 50.7 Å². The molecule has 0 bridgehead atoms. The number of nitrogens with one attached hydrogen (secondary N) is 1. The number of para-hydroxylation sites is 1. The van der Waals surface area contributed by atoms with Gasteiger partial charge in [-0.3, -0.25) is 4.57 Å². The van der Waals surface area contributed by atoms with Crippen molar-refractivity contribution < 1.29 is 0 Å². The highest BCUT2D eigenvalue weighted by Gasteiger charge is 2.15. The maximum absolute atomic E-state index is 12.4. The van der Waals surface area contributed by atoms with E-state index in [0.717, 1.165) is 38.1 Å². The van der Waals surface area contributed by atoms with E-state index in [1.54, 1.807) is 15.9 Å². The van der Waals surface area contributed by atoms with Gasteiger partial charge in [0.15, 0.2) is 0 Å². The highest BCUT2D eigenvalue weighted by molar-refractivity contribution is 14.1. The summed E-state index contributed by atoms with van der Waals surface area (Å²) in [6, 6.07) is 14.6. The zero-order chi connectivity index (χ0) is 19.0. The Balaban J connectivity index is 1.74. The number of benzene rings is 2. The number of fused-ring (bicyclic) bond motifs is 1. The van der Waals surface area contributed by atoms with Crippen LogP contribution >= 0.6 is 33.9 Å². The first-order valence-corrected chi connectivity index (χ1v) is 11.3. The van der Waals surface area contributed by atoms with Crippen LogP contribution in [0.25, 0.3) is 21.6 Å². The van der Waals surface area contributed by atoms with Crippen LogP contribution in [-0.2, 0) is 10.8 Å². The van der Waals surface area contributed by atoms with Gasteiger partial charge in [0.2, 0.25) is 0 Å². The number of H-pyrrole nitrogens is 1. The van der Waals surface area contributed by atoms with Crippen LogP contribution < -0.4 is 5.69 Å². The number of hydrogen-bond acceptors (Lipinski definition) is 3. The first kappa shape index (κ1) is 18.4. The van der Waals surface area contributed by atoms with E-state index in [1.807, 2.05) is 32.0 Å². The molecule has 6 heteroatoms. The molecule has 0 atom stereocenters. The number of hydrogen-bond donors (Lipinski definition) is 1. The lowest BCUT2D eigenvalue weighted by atomic mass is 10.0. The van der Waals surface area contributed by atoms with Gasteiger partial charge in [-0.25, -0.2) is 9.78 Å². The summed E-state index contributed by atoms with van der Waals surface area (Å²) in [5.41, 5.74) is 6.45. The second kappa shape index (κ2) is 7.59. The molecule has 0 spiro atoms. The molecule has 4 nitrogen and oxygen atoms in total. The zero-order valence-corrected chi connectivity index (χ0v) is 18.2. The van der Waals surface area contributed by atoms with Gasteiger partial charge in [0.1, 0.15) is 5.01 Å². The van der Waals surface area contributed by atoms with Crippen LogP contribution in [0, 0.1) is 0 Å². The molecule has 0 aliphatic rings. The fourth-order valence-electron chi connectivity index (χ4n) is 3.41. The summed E-state index contributed by atoms with van der Waals surface area (Å²) in [5, 5.41) is 3.06. The SMILES string of the molecule is CC(C)n1c(=O)[nH]c2c(-c3nc(Cc4ccccc4CI)cs3)cccc21. The molecule has 0 aliphatic carbocycles. The van der Waals surface area contributed by atoms with Crippen LogP contribution in [0.4, 0.5) is 0 Å². The molecule has 4 aromatic rings. The lowest BCUT2D eigenvalue weighted by molar-refractivity contribution is 0.598. The maximum Gasteiger partial charge on any atom is 0.326 e. The van der Waals surface area contributed by atoms with Gasteiger partial charge in [-0.15, -0.1) is 11.3 Å². The molecule has 0 radical (unpaired) electrons. The second-order valence-electron chi connectivity index (χ2n) is 6.82. The fraction of sp³-hybridized carbons (Fsp3) is 0.238. The van der Waals surface area contributed by atoms with Gasteiger partial charge in [0.05, 0.1) is 16.7 Å². The summed E-state index contributed by atoms with van der Waals surface area (Å²) in [4.78, 5) is 20.3. The van der Waals surface area contributed by atoms with Gasteiger partial charge in [-0.05, 0) is 37.1 Å². The normalized spacial score (nSPS) is 11.6. The van der Waals surface area contributed by atoms with Crippen molar-refractivity contribution in [2.45, 2.75) is 30.7 Å². The predicted octanol–water partition coefficient (Wildman–Crippen LogP) is 5.56. The van der Waals surface area contributed by atoms with Gasteiger partial charge in [-0.2, -0.15) is 0 Å². The minimum atomic E-state index is -0.0693. The first-order chi connectivity index (χ1) is 13.1. The summed E-state index contributed by atoms with van der Waals surface area (Å²) in [7, 11) is 0. The van der Waals surface area contributed by atoms with E-state index in [4.69, 9.17) is 4.98 Å². The third kappa shape index (κ3) is 3.48. The monoisotopic (exact) mass is 489 g/mol. The van der Waals surface area contributed by atoms with E-state index in [9.17, 15) is 4.79 Å². The average molecular weight is 489 g/mol. The van der Waals surface area contributed by atoms with Gasteiger partial charge >= 0.3 is 5.69 Å². The molecule has 0 amide bonds. The highest BCUT2D eigenvalue weighted by Crippen LogP contribution is 2.31. The standard InChI is InChI=1S/C21H20IN3OS/c1-13(2)25-18-9-5-8-17(19(18)24-21(25)26)20-23-16(12-27-20)10-14-6-3-4-7-15(14)11-22/h3-9,12-13H,10-11H2,1-2H3,(H,24,26). The van der Waals surface area contributed by atoms with Crippen molar-refractivity contribution in [3.8, 4) is 10.6 Å². The third-order valence-corrected chi connectivity index (χ3v) is 6.43. The van der Waals surface area contributed by atoms with Crippen LogP contribution in [0.2, 0.25) is 0 Å². The molecule has 0 saturated heterocycles. The number of imidazole rings is 1. The Hall–Kier alpha value is -1.93. The number of rotatable bonds is 5. The second-order valence-corrected chi connectivity index (χ2v) is 8.44. The Labute approximate surface area is 175 Å². The number of aromatic amines is 1. The van der Waals surface area contributed by atoms with Crippen LogP contribution in [-0.4, -0.2) is 14.5 Å². The lowest BCUT2D eigenvalue weighted by Gasteiger charge is -2.07. The minimum Gasteiger partial charge on any atom is -0.305 e. The smallest absolute Gasteiger partial charge is 0.305 e. The summed E-state index contributed by atoms with van der Waals surface area (Å²) in [6.07, 6.45) is 0.829. The van der Waals surface area contributed by atoms with E-state index in [-0.39, 0.29) is 11.7 Å². The zero-order valence-electron chi connectivity index (χ0n) is 15.2. The van der Waals surface area contributed by atoms with Crippen LogP contribution in [0.3, 0.4) is 0 Å². The summed E-state index contributed by atoms with van der Waals surface area (Å²) < 4.78 is 2.79. The van der Waals surface area contributed by atoms with E-state index in [1.165, 1.54) is 11.1 Å². The van der Waals surface area contributed by atoms with Crippen molar-refractivity contribution >= 4 is 45.0 Å².